The first-order valence-corrected chi connectivity index (χ1v) is 13.1. The van der Waals surface area contributed by atoms with Gasteiger partial charge >= 0.3 is 5.97 Å². The van der Waals surface area contributed by atoms with E-state index in [0.717, 1.165) is 29.7 Å². The summed E-state index contributed by atoms with van der Waals surface area (Å²) in [6.07, 6.45) is 7.99. The molecule has 8 heteroatoms. The number of aliphatic carboxylic acids is 1. The number of thiazole rings is 1. The number of benzene rings is 1. The van der Waals surface area contributed by atoms with Crippen LogP contribution in [0.5, 0.6) is 0 Å². The summed E-state index contributed by atoms with van der Waals surface area (Å²) in [5, 5.41) is 12.2. The van der Waals surface area contributed by atoms with Crippen molar-refractivity contribution in [2.45, 2.75) is 77.8 Å². The number of fused-ring (bicyclic) bond motifs is 1. The number of nitrogens with zero attached hydrogens (tertiary/aromatic N) is 3. The van der Waals surface area contributed by atoms with Gasteiger partial charge in [0.2, 0.25) is 0 Å². The number of carboxylic acids is 1. The molecule has 1 saturated carbocycles. The number of carboxylic acid groups (broad SMARTS) is 1. The molecule has 34 heavy (non-hydrogen) atoms. The number of hydrogen-bond acceptors (Lipinski definition) is 5. The second-order valence-electron chi connectivity index (χ2n) is 9.97. The summed E-state index contributed by atoms with van der Waals surface area (Å²) < 4.78 is 2.40. The summed E-state index contributed by atoms with van der Waals surface area (Å²) in [7, 11) is 0. The molecule has 4 rings (SSSR count). The molecule has 1 amide bonds. The Hall–Kier alpha value is -2.74. The summed E-state index contributed by atoms with van der Waals surface area (Å²) in [5.41, 5.74) is 4.22. The van der Waals surface area contributed by atoms with E-state index in [4.69, 9.17) is 4.98 Å². The Morgan fingerprint density at radius 1 is 1.26 bits per heavy atom. The molecule has 7 nitrogen and oxygen atoms in total. The van der Waals surface area contributed by atoms with Crippen molar-refractivity contribution in [1.82, 2.24) is 19.9 Å². The zero-order valence-corrected chi connectivity index (χ0v) is 21.0. The van der Waals surface area contributed by atoms with Gasteiger partial charge in [0.05, 0.1) is 23.0 Å². The number of hydrogen-bond donors (Lipinski definition) is 2. The number of carbonyl (C=O) groups is 2. The van der Waals surface area contributed by atoms with Gasteiger partial charge in [0.15, 0.2) is 0 Å². The van der Waals surface area contributed by atoms with Gasteiger partial charge in [-0.1, -0.05) is 33.6 Å². The maximum Gasteiger partial charge on any atom is 0.305 e. The molecule has 182 valence electrons. The molecule has 1 fully saturated rings. The Balaban J connectivity index is 1.66. The van der Waals surface area contributed by atoms with Crippen molar-refractivity contribution in [2.24, 2.45) is 11.8 Å². The van der Waals surface area contributed by atoms with Crippen molar-refractivity contribution in [3.8, 4) is 0 Å². The summed E-state index contributed by atoms with van der Waals surface area (Å²) in [6, 6.07) is 5.68. The summed E-state index contributed by atoms with van der Waals surface area (Å²) in [6.45, 7) is 6.37. The van der Waals surface area contributed by atoms with Gasteiger partial charge in [-0.15, -0.1) is 11.3 Å². The lowest BCUT2D eigenvalue weighted by molar-refractivity contribution is -0.137. The number of carbonyl (C=O) groups excluding carboxylic acids is 1. The Morgan fingerprint density at radius 3 is 2.74 bits per heavy atom. The van der Waals surface area contributed by atoms with Crippen molar-refractivity contribution in [2.75, 3.05) is 0 Å². The number of rotatable bonds is 9. The Kier molecular flexibility index (Phi) is 7.66. The molecule has 1 aliphatic rings. The lowest BCUT2D eigenvalue weighted by Gasteiger charge is -2.31. The third-order valence-electron chi connectivity index (χ3n) is 6.75. The van der Waals surface area contributed by atoms with Gasteiger partial charge in [-0.05, 0) is 49.3 Å². The van der Waals surface area contributed by atoms with Crippen LogP contribution < -0.4 is 5.32 Å². The highest BCUT2D eigenvalue weighted by molar-refractivity contribution is 7.09. The third kappa shape index (κ3) is 5.66. The van der Waals surface area contributed by atoms with E-state index < -0.39 is 12.0 Å². The van der Waals surface area contributed by atoms with Gasteiger partial charge in [0.1, 0.15) is 5.82 Å². The number of imidazole rings is 1. The summed E-state index contributed by atoms with van der Waals surface area (Å²) in [4.78, 5) is 34.7. The van der Waals surface area contributed by atoms with Crippen LogP contribution in [-0.2, 0) is 11.2 Å². The Labute approximate surface area is 204 Å². The first-order valence-electron chi connectivity index (χ1n) is 12.2. The van der Waals surface area contributed by atoms with Gasteiger partial charge in [-0.2, -0.15) is 0 Å². The normalized spacial score (nSPS) is 19.4. The second-order valence-corrected chi connectivity index (χ2v) is 10.9. The van der Waals surface area contributed by atoms with Gasteiger partial charge in [-0.25, -0.2) is 4.98 Å². The molecule has 1 unspecified atom stereocenters. The van der Waals surface area contributed by atoms with Crippen LogP contribution in [0.1, 0.15) is 86.4 Å². The van der Waals surface area contributed by atoms with Crippen molar-refractivity contribution in [3.63, 3.8) is 0 Å². The van der Waals surface area contributed by atoms with E-state index >= 15 is 0 Å². The van der Waals surface area contributed by atoms with E-state index in [1.54, 1.807) is 11.3 Å². The molecule has 0 radical (unpaired) electrons. The topological polar surface area (TPSA) is 97.1 Å². The van der Waals surface area contributed by atoms with Crippen LogP contribution in [0, 0.1) is 11.8 Å². The van der Waals surface area contributed by atoms with E-state index in [1.165, 1.54) is 24.1 Å². The van der Waals surface area contributed by atoms with Crippen LogP contribution in [0.2, 0.25) is 0 Å². The first-order chi connectivity index (χ1) is 16.3. The molecule has 3 aromatic rings. The van der Waals surface area contributed by atoms with E-state index in [2.05, 4.69) is 21.8 Å². The van der Waals surface area contributed by atoms with Crippen molar-refractivity contribution < 1.29 is 14.7 Å². The highest BCUT2D eigenvalue weighted by Crippen LogP contribution is 2.37. The molecular formula is C26H34N4O3S. The minimum atomic E-state index is -0.908. The Bertz CT molecular complexity index is 1140. The first kappa shape index (κ1) is 24.4. The van der Waals surface area contributed by atoms with Crippen LogP contribution >= 0.6 is 11.3 Å². The van der Waals surface area contributed by atoms with E-state index in [0.29, 0.717) is 23.9 Å². The van der Waals surface area contributed by atoms with E-state index in [-0.39, 0.29) is 18.2 Å². The van der Waals surface area contributed by atoms with Crippen molar-refractivity contribution >= 4 is 34.2 Å². The predicted molar refractivity (Wildman–Crippen MR) is 134 cm³/mol. The standard InChI is InChI=1S/C26H34N4O3S/c1-16(2)10-19(12-25(31)32)28-26(33)18-8-9-23-21(11-18)29-24(13-20-14-27-15-34-20)30(23)22-7-5-4-6-17(22)3/h8-9,11,14-17,19,22H,4-7,10,12-13H2,1-3H3,(H,28,33)(H,31,32)/t17-,19+,22?/m1/s1. The van der Waals surface area contributed by atoms with Crippen LogP contribution in [-0.4, -0.2) is 37.6 Å². The Morgan fingerprint density at radius 2 is 2.06 bits per heavy atom. The summed E-state index contributed by atoms with van der Waals surface area (Å²) in [5.74, 6) is 0.712. The number of aromatic nitrogens is 3. The fourth-order valence-corrected chi connectivity index (χ4v) is 5.78. The SMILES string of the molecule is CC(C)C[C@@H](CC(=O)O)NC(=O)c1ccc2c(c1)nc(Cc1cncs1)n2C1CCCC[C@H]1C. The molecule has 0 spiro atoms. The molecule has 2 heterocycles. The maximum absolute atomic E-state index is 13.0. The molecule has 1 aliphatic carbocycles. The zero-order valence-electron chi connectivity index (χ0n) is 20.2. The lowest BCUT2D eigenvalue weighted by Crippen LogP contribution is -2.37. The van der Waals surface area contributed by atoms with Gasteiger partial charge in [-0.3, -0.25) is 14.6 Å². The maximum atomic E-state index is 13.0. The third-order valence-corrected chi connectivity index (χ3v) is 7.53. The molecule has 0 aliphatic heterocycles. The quantitative estimate of drug-likeness (QED) is 0.422. The van der Waals surface area contributed by atoms with Crippen molar-refractivity contribution in [3.05, 3.63) is 46.2 Å². The fourth-order valence-electron chi connectivity index (χ4n) is 5.19. The van der Waals surface area contributed by atoms with Crippen LogP contribution in [0.4, 0.5) is 0 Å². The number of amides is 1. The van der Waals surface area contributed by atoms with Crippen LogP contribution in [0.25, 0.3) is 11.0 Å². The minimum Gasteiger partial charge on any atom is -0.481 e. The monoisotopic (exact) mass is 482 g/mol. The largest absolute Gasteiger partial charge is 0.481 e. The van der Waals surface area contributed by atoms with Gasteiger partial charge < -0.3 is 15.0 Å². The zero-order chi connectivity index (χ0) is 24.2. The molecule has 2 N–H and O–H groups in total. The molecular weight excluding hydrogens is 448 g/mol. The van der Waals surface area contributed by atoms with Gasteiger partial charge in [0.25, 0.3) is 5.91 Å². The lowest BCUT2D eigenvalue weighted by atomic mass is 9.85. The second kappa shape index (κ2) is 10.7. The molecule has 2 aromatic heterocycles. The molecule has 3 atom stereocenters. The summed E-state index contributed by atoms with van der Waals surface area (Å²) >= 11 is 1.63. The molecule has 0 bridgehead atoms. The average molecular weight is 483 g/mol. The van der Waals surface area contributed by atoms with E-state index in [9.17, 15) is 14.7 Å². The minimum absolute atomic E-state index is 0.0840. The molecule has 0 saturated heterocycles. The van der Waals surface area contributed by atoms with Crippen molar-refractivity contribution in [1.29, 1.82) is 0 Å². The molecule has 1 aromatic carbocycles. The van der Waals surface area contributed by atoms with Gasteiger partial charge in [0, 0.05) is 35.1 Å². The average Bonchev–Trinajstić information content (AvgIpc) is 3.40. The highest BCUT2D eigenvalue weighted by atomic mass is 32.1. The predicted octanol–water partition coefficient (Wildman–Crippen LogP) is 5.45. The van der Waals surface area contributed by atoms with Crippen LogP contribution in [0.15, 0.2) is 29.9 Å². The van der Waals surface area contributed by atoms with Crippen LogP contribution in [0.3, 0.4) is 0 Å². The smallest absolute Gasteiger partial charge is 0.305 e. The van der Waals surface area contributed by atoms with E-state index in [1.807, 2.05) is 43.8 Å². The fraction of sp³-hybridized carbons (Fsp3) is 0.538. The number of nitrogens with one attached hydrogen (secondary N) is 1. The highest BCUT2D eigenvalue weighted by Gasteiger charge is 2.27.